The molecule has 24 heavy (non-hydrogen) atoms. The highest BCUT2D eigenvalue weighted by Crippen LogP contribution is 2.36. The highest BCUT2D eigenvalue weighted by atomic mass is 19.1. The fourth-order valence-corrected chi connectivity index (χ4v) is 3.07. The lowest BCUT2D eigenvalue weighted by Crippen LogP contribution is -2.12. The van der Waals surface area contributed by atoms with Crippen LogP contribution in [-0.2, 0) is 18.0 Å². The van der Waals surface area contributed by atoms with Gasteiger partial charge >= 0.3 is 0 Å². The maximum absolute atomic E-state index is 13.4. The lowest BCUT2D eigenvalue weighted by Gasteiger charge is -2.23. The summed E-state index contributed by atoms with van der Waals surface area (Å²) in [6, 6.07) is 6.38. The predicted molar refractivity (Wildman–Crippen MR) is 94.4 cm³/mol. The van der Waals surface area contributed by atoms with Gasteiger partial charge in [-0.25, -0.2) is 4.39 Å². The van der Waals surface area contributed by atoms with Crippen LogP contribution in [0.25, 0.3) is 11.1 Å². The number of pyridine rings is 1. The zero-order chi connectivity index (χ0) is 17.9. The Hall–Kier alpha value is -1.78. The first-order valence-electron chi connectivity index (χ1n) is 8.31. The summed E-state index contributed by atoms with van der Waals surface area (Å²) in [7, 11) is 1.65. The first-order chi connectivity index (χ1) is 11.4. The average molecular weight is 331 g/mol. The normalized spacial score (nSPS) is 11.5. The van der Waals surface area contributed by atoms with Crippen molar-refractivity contribution in [1.82, 2.24) is 4.98 Å². The lowest BCUT2D eigenvalue weighted by atomic mass is 9.87. The number of aliphatic hydroxyl groups is 1. The molecule has 0 aliphatic heterocycles. The summed E-state index contributed by atoms with van der Waals surface area (Å²) < 4.78 is 18.8. The number of hydrogen-bond donors (Lipinski definition) is 1. The second-order valence-corrected chi connectivity index (χ2v) is 6.62. The number of halogens is 1. The summed E-state index contributed by atoms with van der Waals surface area (Å²) in [6.07, 6.45) is 0. The summed E-state index contributed by atoms with van der Waals surface area (Å²) in [5.74, 6) is 0.125. The number of methoxy groups -OCH3 is 1. The maximum Gasteiger partial charge on any atom is 0.123 e. The van der Waals surface area contributed by atoms with Crippen LogP contribution < -0.4 is 0 Å². The average Bonchev–Trinajstić information content (AvgIpc) is 2.54. The van der Waals surface area contributed by atoms with E-state index in [9.17, 15) is 9.50 Å². The minimum atomic E-state index is -0.278. The van der Waals surface area contributed by atoms with E-state index in [0.29, 0.717) is 6.61 Å². The predicted octanol–water partition coefficient (Wildman–Crippen LogP) is 4.77. The molecule has 2 aromatic rings. The zero-order valence-corrected chi connectivity index (χ0v) is 15.1. The quantitative estimate of drug-likeness (QED) is 0.829. The van der Waals surface area contributed by atoms with Crippen LogP contribution in [0.4, 0.5) is 4.39 Å². The number of benzene rings is 1. The van der Waals surface area contributed by atoms with Gasteiger partial charge < -0.3 is 9.84 Å². The van der Waals surface area contributed by atoms with Gasteiger partial charge in [0.05, 0.1) is 13.2 Å². The van der Waals surface area contributed by atoms with Gasteiger partial charge in [0, 0.05) is 29.6 Å². The van der Waals surface area contributed by atoms with Crippen molar-refractivity contribution in [3.8, 4) is 11.1 Å². The Morgan fingerprint density at radius 3 is 2.00 bits per heavy atom. The van der Waals surface area contributed by atoms with Crippen molar-refractivity contribution in [3.63, 3.8) is 0 Å². The molecule has 3 nitrogen and oxygen atoms in total. The third-order valence-electron chi connectivity index (χ3n) is 4.14. The molecule has 0 amide bonds. The number of ether oxygens (including phenoxy) is 1. The summed E-state index contributed by atoms with van der Waals surface area (Å²) >= 11 is 0. The molecule has 1 aromatic carbocycles. The van der Waals surface area contributed by atoms with Gasteiger partial charge in [0.1, 0.15) is 5.82 Å². The Morgan fingerprint density at radius 1 is 1.00 bits per heavy atom. The fourth-order valence-electron chi connectivity index (χ4n) is 3.07. The van der Waals surface area contributed by atoms with Gasteiger partial charge in [-0.2, -0.15) is 0 Å². The van der Waals surface area contributed by atoms with E-state index in [1.165, 1.54) is 12.1 Å². The largest absolute Gasteiger partial charge is 0.392 e. The molecule has 1 aromatic heterocycles. The van der Waals surface area contributed by atoms with Crippen molar-refractivity contribution in [2.75, 3.05) is 7.11 Å². The van der Waals surface area contributed by atoms with E-state index in [2.05, 4.69) is 27.7 Å². The molecule has 1 heterocycles. The van der Waals surface area contributed by atoms with E-state index >= 15 is 0 Å². The number of nitrogens with zero attached hydrogens (tertiary/aromatic N) is 1. The minimum Gasteiger partial charge on any atom is -0.392 e. The Kier molecular flexibility index (Phi) is 6.08. The zero-order valence-electron chi connectivity index (χ0n) is 15.1. The van der Waals surface area contributed by atoms with Crippen molar-refractivity contribution in [2.45, 2.75) is 52.7 Å². The molecule has 0 radical (unpaired) electrons. The number of rotatable bonds is 6. The highest BCUT2D eigenvalue weighted by molar-refractivity contribution is 5.73. The van der Waals surface area contributed by atoms with Crippen LogP contribution in [0, 0.1) is 5.82 Å². The van der Waals surface area contributed by atoms with Crippen LogP contribution in [0.15, 0.2) is 24.3 Å². The van der Waals surface area contributed by atoms with E-state index in [1.54, 1.807) is 19.2 Å². The first-order valence-corrected chi connectivity index (χ1v) is 8.31. The van der Waals surface area contributed by atoms with E-state index in [0.717, 1.165) is 33.6 Å². The molecule has 0 unspecified atom stereocenters. The molecular formula is C20H26FNO2. The molecular weight excluding hydrogens is 305 g/mol. The molecule has 2 rings (SSSR count). The second kappa shape index (κ2) is 7.86. The van der Waals surface area contributed by atoms with Crippen LogP contribution in [-0.4, -0.2) is 17.2 Å². The summed E-state index contributed by atoms with van der Waals surface area (Å²) in [4.78, 5) is 4.85. The Labute approximate surface area is 143 Å². The van der Waals surface area contributed by atoms with Gasteiger partial charge in [-0.3, -0.25) is 4.98 Å². The highest BCUT2D eigenvalue weighted by Gasteiger charge is 2.23. The maximum atomic E-state index is 13.4. The molecule has 1 N–H and O–H groups in total. The van der Waals surface area contributed by atoms with Gasteiger partial charge in [0.25, 0.3) is 0 Å². The van der Waals surface area contributed by atoms with E-state index in [1.807, 2.05) is 0 Å². The Morgan fingerprint density at radius 2 is 1.54 bits per heavy atom. The molecule has 0 fully saturated rings. The third-order valence-corrected chi connectivity index (χ3v) is 4.14. The summed E-state index contributed by atoms with van der Waals surface area (Å²) in [6.45, 7) is 8.62. The van der Waals surface area contributed by atoms with Gasteiger partial charge in [-0.1, -0.05) is 39.8 Å². The number of aliphatic hydroxyl groups excluding tert-OH is 1. The van der Waals surface area contributed by atoms with Crippen LogP contribution >= 0.6 is 0 Å². The first kappa shape index (κ1) is 18.6. The standard InChI is InChI=1S/C20H26FNO2/c1-12(2)19-16(10-23)18(14-6-8-15(21)9-7-14)17(11-24-5)20(22-19)13(3)4/h6-9,12-13,23H,10-11H2,1-5H3. The van der Waals surface area contributed by atoms with E-state index < -0.39 is 0 Å². The van der Waals surface area contributed by atoms with Gasteiger partial charge in [0.15, 0.2) is 0 Å². The van der Waals surface area contributed by atoms with Crippen molar-refractivity contribution < 1.29 is 14.2 Å². The smallest absolute Gasteiger partial charge is 0.123 e. The van der Waals surface area contributed by atoms with Crippen LogP contribution in [0.1, 0.15) is 62.0 Å². The molecule has 0 saturated heterocycles. The van der Waals surface area contributed by atoms with Crippen molar-refractivity contribution >= 4 is 0 Å². The molecule has 0 aliphatic carbocycles. The van der Waals surface area contributed by atoms with Gasteiger partial charge in [0.2, 0.25) is 0 Å². The molecule has 0 saturated carbocycles. The van der Waals surface area contributed by atoms with Gasteiger partial charge in [-0.15, -0.1) is 0 Å². The molecule has 0 bridgehead atoms. The van der Waals surface area contributed by atoms with Gasteiger partial charge in [-0.05, 0) is 35.1 Å². The topological polar surface area (TPSA) is 42.4 Å². The Bertz CT molecular complexity index is 694. The van der Waals surface area contributed by atoms with Crippen LogP contribution in [0.5, 0.6) is 0 Å². The molecule has 0 atom stereocenters. The monoisotopic (exact) mass is 331 g/mol. The Balaban J connectivity index is 2.86. The van der Waals surface area contributed by atoms with E-state index in [-0.39, 0.29) is 24.3 Å². The second-order valence-electron chi connectivity index (χ2n) is 6.62. The number of aromatic nitrogens is 1. The van der Waals surface area contributed by atoms with Crippen molar-refractivity contribution in [1.29, 1.82) is 0 Å². The fraction of sp³-hybridized carbons (Fsp3) is 0.450. The third kappa shape index (κ3) is 3.65. The summed E-state index contributed by atoms with van der Waals surface area (Å²) in [5.41, 5.74) is 5.42. The summed E-state index contributed by atoms with van der Waals surface area (Å²) in [5, 5.41) is 10.0. The lowest BCUT2D eigenvalue weighted by molar-refractivity contribution is 0.183. The SMILES string of the molecule is COCc1c(C(C)C)nc(C(C)C)c(CO)c1-c1ccc(F)cc1. The van der Waals surface area contributed by atoms with Crippen molar-refractivity contribution in [3.05, 3.63) is 52.6 Å². The molecule has 0 spiro atoms. The minimum absolute atomic E-state index is 0.109. The van der Waals surface area contributed by atoms with E-state index in [4.69, 9.17) is 9.72 Å². The molecule has 130 valence electrons. The molecule has 0 aliphatic rings. The van der Waals surface area contributed by atoms with Crippen molar-refractivity contribution in [2.24, 2.45) is 0 Å². The number of hydrogen-bond acceptors (Lipinski definition) is 3. The molecule has 4 heteroatoms. The van der Waals surface area contributed by atoms with Crippen LogP contribution in [0.3, 0.4) is 0 Å². The van der Waals surface area contributed by atoms with Crippen LogP contribution in [0.2, 0.25) is 0 Å².